The van der Waals surface area contributed by atoms with E-state index in [4.69, 9.17) is 14.9 Å². The molecule has 0 heterocycles. The highest BCUT2D eigenvalue weighted by Gasteiger charge is 2.07. The van der Waals surface area contributed by atoms with Crippen LogP contribution in [0.1, 0.15) is 18.9 Å². The summed E-state index contributed by atoms with van der Waals surface area (Å²) in [6.07, 6.45) is 1.22. The molecule has 0 amide bonds. The van der Waals surface area contributed by atoms with Crippen LogP contribution in [0.25, 0.3) is 0 Å². The van der Waals surface area contributed by atoms with Crippen LogP contribution in [0.5, 0.6) is 0 Å². The molecule has 0 aliphatic carbocycles. The molecule has 1 rings (SSSR count). The van der Waals surface area contributed by atoms with Crippen LogP contribution in [0.15, 0.2) is 30.3 Å². The number of aliphatic hydroxyl groups excluding tert-OH is 2. The van der Waals surface area contributed by atoms with Gasteiger partial charge in [0, 0.05) is 0 Å². The number of ether oxygens (including phenoxy) is 1. The number of benzene rings is 1. The number of hydrogen-bond acceptors (Lipinski definition) is 3. The minimum absolute atomic E-state index is 0.0985. The van der Waals surface area contributed by atoms with Gasteiger partial charge in [0.25, 0.3) is 0 Å². The summed E-state index contributed by atoms with van der Waals surface area (Å²) in [5.41, 5.74) is 1.29. The van der Waals surface area contributed by atoms with Crippen molar-refractivity contribution in [1.82, 2.24) is 0 Å². The summed E-state index contributed by atoms with van der Waals surface area (Å²) in [7, 11) is 0. The Hall–Kier alpha value is -0.900. The molecule has 0 saturated carbocycles. The van der Waals surface area contributed by atoms with Crippen LogP contribution in [-0.2, 0) is 11.2 Å². The second-order valence-electron chi connectivity index (χ2n) is 4.00. The lowest BCUT2D eigenvalue weighted by Gasteiger charge is -2.15. The Morgan fingerprint density at radius 1 is 1.25 bits per heavy atom. The number of aliphatic hydroxyl groups is 2. The molecule has 16 heavy (non-hydrogen) atoms. The molecule has 0 aromatic heterocycles. The van der Waals surface area contributed by atoms with Crippen molar-refractivity contribution >= 4 is 0 Å². The van der Waals surface area contributed by atoms with Gasteiger partial charge in [0.05, 0.1) is 19.3 Å². The van der Waals surface area contributed by atoms with Crippen LogP contribution < -0.4 is 0 Å². The summed E-state index contributed by atoms with van der Waals surface area (Å²) in [5.74, 6) is 0. The Balaban J connectivity index is 2.18. The molecule has 2 N–H and O–H groups in total. The molecule has 0 bridgehead atoms. The summed E-state index contributed by atoms with van der Waals surface area (Å²) in [5, 5.41) is 17.7. The Morgan fingerprint density at radius 3 is 2.56 bits per heavy atom. The molecule has 0 saturated heterocycles. The van der Waals surface area contributed by atoms with E-state index in [2.05, 4.69) is 12.1 Å². The highest BCUT2D eigenvalue weighted by atomic mass is 16.5. The topological polar surface area (TPSA) is 49.7 Å². The average Bonchev–Trinajstić information content (AvgIpc) is 2.34. The fourth-order valence-electron chi connectivity index (χ4n) is 1.43. The predicted octanol–water partition coefficient (Wildman–Crippen LogP) is 1.38. The van der Waals surface area contributed by atoms with Gasteiger partial charge in [0.1, 0.15) is 6.10 Å². The summed E-state index contributed by atoms with van der Waals surface area (Å²) >= 11 is 0. The van der Waals surface area contributed by atoms with Crippen molar-refractivity contribution in [2.24, 2.45) is 0 Å². The van der Waals surface area contributed by atoms with Gasteiger partial charge in [0.15, 0.2) is 0 Å². The van der Waals surface area contributed by atoms with Crippen molar-refractivity contribution in [1.29, 1.82) is 0 Å². The molecule has 0 aliphatic rings. The first-order valence-corrected chi connectivity index (χ1v) is 5.67. The Kier molecular flexibility index (Phi) is 6.08. The molecular formula is C13H20O3. The summed E-state index contributed by atoms with van der Waals surface area (Å²) in [6, 6.07) is 10.2. The van der Waals surface area contributed by atoms with Crippen molar-refractivity contribution < 1.29 is 14.9 Å². The zero-order chi connectivity index (χ0) is 11.8. The molecule has 0 aliphatic heterocycles. The smallest absolute Gasteiger partial charge is 0.100 e. The quantitative estimate of drug-likeness (QED) is 0.735. The third kappa shape index (κ3) is 5.26. The van der Waals surface area contributed by atoms with Gasteiger partial charge >= 0.3 is 0 Å². The van der Waals surface area contributed by atoms with Gasteiger partial charge in [-0.2, -0.15) is 0 Å². The maximum atomic E-state index is 9.12. The van der Waals surface area contributed by atoms with Crippen LogP contribution in [-0.4, -0.2) is 35.6 Å². The molecule has 3 nitrogen and oxygen atoms in total. The number of hydrogen-bond donors (Lipinski definition) is 2. The normalized spacial score (nSPS) is 14.7. The molecule has 0 radical (unpaired) electrons. The first-order chi connectivity index (χ1) is 7.72. The Labute approximate surface area is 96.7 Å². The minimum Gasteiger partial charge on any atom is -0.394 e. The lowest BCUT2D eigenvalue weighted by Crippen LogP contribution is -2.23. The van der Waals surface area contributed by atoms with Gasteiger partial charge in [-0.05, 0) is 25.3 Å². The maximum Gasteiger partial charge on any atom is 0.100 e. The third-order valence-corrected chi connectivity index (χ3v) is 2.47. The van der Waals surface area contributed by atoms with Gasteiger partial charge < -0.3 is 14.9 Å². The van der Waals surface area contributed by atoms with Crippen LogP contribution in [0, 0.1) is 0 Å². The van der Waals surface area contributed by atoms with Crippen LogP contribution in [0.4, 0.5) is 0 Å². The SMILES string of the molecule is CC(CCc1ccccc1)OCC(O)CO. The molecule has 1 aromatic rings. The molecule has 90 valence electrons. The van der Waals surface area contributed by atoms with Crippen molar-refractivity contribution in [2.45, 2.75) is 32.0 Å². The second kappa shape index (κ2) is 7.39. The lowest BCUT2D eigenvalue weighted by atomic mass is 10.1. The minimum atomic E-state index is -0.765. The fraction of sp³-hybridized carbons (Fsp3) is 0.538. The first kappa shape index (κ1) is 13.2. The predicted molar refractivity (Wildman–Crippen MR) is 63.3 cm³/mol. The van der Waals surface area contributed by atoms with Gasteiger partial charge in [-0.3, -0.25) is 0 Å². The summed E-state index contributed by atoms with van der Waals surface area (Å²) in [6.45, 7) is 1.94. The first-order valence-electron chi connectivity index (χ1n) is 5.67. The molecule has 3 heteroatoms. The van der Waals surface area contributed by atoms with Gasteiger partial charge in [-0.1, -0.05) is 30.3 Å². The largest absolute Gasteiger partial charge is 0.394 e. The van der Waals surface area contributed by atoms with Crippen LogP contribution in [0.2, 0.25) is 0 Å². The van der Waals surface area contributed by atoms with Crippen molar-refractivity contribution in [2.75, 3.05) is 13.2 Å². The molecule has 2 unspecified atom stereocenters. The molecule has 2 atom stereocenters. The van der Waals surface area contributed by atoms with E-state index in [1.54, 1.807) is 0 Å². The third-order valence-electron chi connectivity index (χ3n) is 2.47. The van der Waals surface area contributed by atoms with Crippen LogP contribution in [0.3, 0.4) is 0 Å². The zero-order valence-electron chi connectivity index (χ0n) is 9.67. The Morgan fingerprint density at radius 2 is 1.94 bits per heavy atom. The lowest BCUT2D eigenvalue weighted by molar-refractivity contribution is -0.0246. The average molecular weight is 224 g/mol. The van der Waals surface area contributed by atoms with Crippen LogP contribution >= 0.6 is 0 Å². The fourth-order valence-corrected chi connectivity index (χ4v) is 1.43. The van der Waals surface area contributed by atoms with Crippen molar-refractivity contribution in [3.05, 3.63) is 35.9 Å². The zero-order valence-corrected chi connectivity index (χ0v) is 9.67. The summed E-state index contributed by atoms with van der Waals surface area (Å²) in [4.78, 5) is 0. The van der Waals surface area contributed by atoms with Crippen molar-refractivity contribution in [3.63, 3.8) is 0 Å². The summed E-state index contributed by atoms with van der Waals surface area (Å²) < 4.78 is 5.41. The van der Waals surface area contributed by atoms with E-state index in [1.807, 2.05) is 25.1 Å². The van der Waals surface area contributed by atoms with E-state index < -0.39 is 6.10 Å². The van der Waals surface area contributed by atoms with Gasteiger partial charge in [-0.25, -0.2) is 0 Å². The molecular weight excluding hydrogens is 204 g/mol. The number of rotatable bonds is 7. The van der Waals surface area contributed by atoms with E-state index in [0.29, 0.717) is 0 Å². The maximum absolute atomic E-state index is 9.12. The van der Waals surface area contributed by atoms with E-state index in [1.165, 1.54) is 5.56 Å². The standard InChI is InChI=1S/C13H20O3/c1-11(16-10-13(15)9-14)7-8-12-5-3-2-4-6-12/h2-6,11,13-15H,7-10H2,1H3. The second-order valence-corrected chi connectivity index (χ2v) is 4.00. The Bertz CT molecular complexity index is 274. The van der Waals surface area contributed by atoms with Gasteiger partial charge in [-0.15, -0.1) is 0 Å². The van der Waals surface area contributed by atoms with E-state index in [0.717, 1.165) is 12.8 Å². The highest BCUT2D eigenvalue weighted by Crippen LogP contribution is 2.07. The van der Waals surface area contributed by atoms with E-state index in [-0.39, 0.29) is 19.3 Å². The van der Waals surface area contributed by atoms with Crippen molar-refractivity contribution in [3.8, 4) is 0 Å². The highest BCUT2D eigenvalue weighted by molar-refractivity contribution is 5.14. The van der Waals surface area contributed by atoms with E-state index >= 15 is 0 Å². The molecule has 0 spiro atoms. The van der Waals surface area contributed by atoms with Gasteiger partial charge in [0.2, 0.25) is 0 Å². The number of aryl methyl sites for hydroxylation is 1. The van der Waals surface area contributed by atoms with E-state index in [9.17, 15) is 0 Å². The molecule has 0 fully saturated rings. The monoisotopic (exact) mass is 224 g/mol. The molecule has 1 aromatic carbocycles.